The second kappa shape index (κ2) is 9.79. The number of carbonyl (C=O) groups is 2. The number of thioether (sulfide) groups is 1. The van der Waals surface area contributed by atoms with Crippen LogP contribution in [0, 0.1) is 0 Å². The van der Waals surface area contributed by atoms with E-state index in [2.05, 4.69) is 10.3 Å². The lowest BCUT2D eigenvalue weighted by atomic mass is 9.99. The van der Waals surface area contributed by atoms with Gasteiger partial charge in [-0.05, 0) is 30.3 Å². The van der Waals surface area contributed by atoms with Gasteiger partial charge in [0.15, 0.2) is 17.3 Å². The number of rotatable bonds is 7. The molecule has 0 amide bonds. The summed E-state index contributed by atoms with van der Waals surface area (Å²) in [4.78, 5) is 31.1. The molecule has 36 heavy (non-hydrogen) atoms. The Bertz CT molecular complexity index is 1470. The molecule has 1 unspecified atom stereocenters. The summed E-state index contributed by atoms with van der Waals surface area (Å²) in [5.41, 5.74) is 2.94. The van der Waals surface area contributed by atoms with E-state index in [1.807, 2.05) is 23.6 Å². The Morgan fingerprint density at radius 1 is 1.00 bits per heavy atom. The summed E-state index contributed by atoms with van der Waals surface area (Å²) in [6, 6.07) is 14.2. The number of benzene rings is 2. The van der Waals surface area contributed by atoms with E-state index in [4.69, 9.17) is 14.2 Å². The maximum atomic E-state index is 13.6. The van der Waals surface area contributed by atoms with Crippen LogP contribution in [-0.2, 0) is 0 Å². The number of ketones is 1. The first-order valence-electron chi connectivity index (χ1n) is 11.1. The van der Waals surface area contributed by atoms with Gasteiger partial charge in [-0.3, -0.25) is 19.1 Å². The van der Waals surface area contributed by atoms with Crippen LogP contribution in [0.1, 0.15) is 31.7 Å². The first-order chi connectivity index (χ1) is 17.5. The van der Waals surface area contributed by atoms with Gasteiger partial charge in [-0.15, -0.1) is 11.8 Å². The zero-order chi connectivity index (χ0) is 25.2. The van der Waals surface area contributed by atoms with Gasteiger partial charge in [0.05, 0.1) is 26.8 Å². The number of nitrogens with zero attached hydrogens (tertiary/aromatic N) is 2. The SMILES string of the molecule is COc1cc(C(=O)c2cccc3c2ccn3C(=O)C2=CSC(c3cccnc3)N2)cc(OC)c1OC. The molecule has 0 bridgehead atoms. The van der Waals surface area contributed by atoms with Crippen molar-refractivity contribution < 1.29 is 23.8 Å². The fourth-order valence-electron chi connectivity index (χ4n) is 4.19. The first-order valence-corrected chi connectivity index (χ1v) is 12.0. The zero-order valence-corrected chi connectivity index (χ0v) is 20.7. The number of nitrogens with one attached hydrogen (secondary N) is 1. The maximum absolute atomic E-state index is 13.6. The number of pyridine rings is 1. The minimum absolute atomic E-state index is 0.0864. The predicted octanol–water partition coefficient (Wildman–Crippen LogP) is 4.81. The molecule has 0 saturated carbocycles. The maximum Gasteiger partial charge on any atom is 0.279 e. The molecule has 1 N–H and O–H groups in total. The monoisotopic (exact) mass is 501 g/mol. The molecule has 0 aliphatic carbocycles. The molecule has 182 valence electrons. The summed E-state index contributed by atoms with van der Waals surface area (Å²) in [5.74, 6) is 0.753. The van der Waals surface area contributed by atoms with E-state index in [0.717, 1.165) is 5.56 Å². The van der Waals surface area contributed by atoms with Gasteiger partial charge in [0.25, 0.3) is 5.91 Å². The van der Waals surface area contributed by atoms with Crippen molar-refractivity contribution in [1.29, 1.82) is 0 Å². The summed E-state index contributed by atoms with van der Waals surface area (Å²) in [7, 11) is 4.51. The molecular formula is C27H23N3O5S. The lowest BCUT2D eigenvalue weighted by Crippen LogP contribution is -2.23. The van der Waals surface area contributed by atoms with Gasteiger partial charge in [0.2, 0.25) is 5.75 Å². The predicted molar refractivity (Wildman–Crippen MR) is 138 cm³/mol. The number of allylic oxidation sites excluding steroid dienone is 1. The quantitative estimate of drug-likeness (QED) is 0.361. The van der Waals surface area contributed by atoms with E-state index in [1.165, 1.54) is 33.1 Å². The highest BCUT2D eigenvalue weighted by atomic mass is 32.2. The van der Waals surface area contributed by atoms with Crippen molar-refractivity contribution in [3.8, 4) is 17.2 Å². The Labute approximate surface area is 211 Å². The van der Waals surface area contributed by atoms with Crippen LogP contribution in [0.4, 0.5) is 0 Å². The van der Waals surface area contributed by atoms with Crippen LogP contribution >= 0.6 is 11.8 Å². The molecule has 2 aromatic heterocycles. The highest BCUT2D eigenvalue weighted by Gasteiger charge is 2.26. The van der Waals surface area contributed by atoms with E-state index in [1.54, 1.807) is 53.5 Å². The van der Waals surface area contributed by atoms with Crippen LogP contribution in [0.2, 0.25) is 0 Å². The normalized spacial score (nSPS) is 14.8. The van der Waals surface area contributed by atoms with Gasteiger partial charge in [-0.25, -0.2) is 0 Å². The third-order valence-corrected chi connectivity index (χ3v) is 6.98. The molecule has 0 spiro atoms. The largest absolute Gasteiger partial charge is 0.493 e. The van der Waals surface area contributed by atoms with Crippen LogP contribution in [0.25, 0.3) is 10.9 Å². The third-order valence-electron chi connectivity index (χ3n) is 5.95. The topological polar surface area (TPSA) is 91.7 Å². The second-order valence-corrected chi connectivity index (χ2v) is 8.93. The smallest absolute Gasteiger partial charge is 0.279 e. The van der Waals surface area contributed by atoms with Crippen molar-refractivity contribution >= 4 is 34.4 Å². The van der Waals surface area contributed by atoms with E-state index in [0.29, 0.717) is 45.0 Å². The second-order valence-electron chi connectivity index (χ2n) is 7.95. The number of hydrogen-bond acceptors (Lipinski definition) is 8. The molecule has 5 rings (SSSR count). The van der Waals surface area contributed by atoms with Crippen molar-refractivity contribution in [2.45, 2.75) is 5.37 Å². The van der Waals surface area contributed by atoms with E-state index in [-0.39, 0.29) is 17.1 Å². The number of aromatic nitrogens is 2. The van der Waals surface area contributed by atoms with Crippen LogP contribution in [0.5, 0.6) is 17.2 Å². The Balaban J connectivity index is 1.46. The Hall–Kier alpha value is -4.24. The average molecular weight is 502 g/mol. The third kappa shape index (κ3) is 4.07. The van der Waals surface area contributed by atoms with Crippen molar-refractivity contribution in [2.24, 2.45) is 0 Å². The van der Waals surface area contributed by atoms with E-state index in [9.17, 15) is 9.59 Å². The standard InChI is InChI=1S/C27H23N3O5S/c1-33-22-12-17(13-23(34-2)25(22)35-3)24(31)19-7-4-8-21-18(19)9-11-30(21)27(32)20-15-36-26(29-20)16-6-5-10-28-14-16/h4-15,26,29H,1-3H3. The van der Waals surface area contributed by atoms with E-state index < -0.39 is 0 Å². The van der Waals surface area contributed by atoms with Crippen molar-refractivity contribution in [1.82, 2.24) is 14.9 Å². The molecule has 0 fully saturated rings. The number of ether oxygens (including phenoxy) is 3. The van der Waals surface area contributed by atoms with Gasteiger partial charge < -0.3 is 19.5 Å². The number of hydrogen-bond donors (Lipinski definition) is 1. The van der Waals surface area contributed by atoms with Gasteiger partial charge in [-0.2, -0.15) is 0 Å². The molecule has 1 atom stereocenters. The summed E-state index contributed by atoms with van der Waals surface area (Å²) in [6.07, 6.45) is 5.17. The number of methoxy groups -OCH3 is 3. The zero-order valence-electron chi connectivity index (χ0n) is 19.8. The van der Waals surface area contributed by atoms with Crippen LogP contribution in [-0.4, -0.2) is 42.6 Å². The van der Waals surface area contributed by atoms with Crippen LogP contribution in [0.15, 0.2) is 78.2 Å². The molecule has 0 radical (unpaired) electrons. The highest BCUT2D eigenvalue weighted by Crippen LogP contribution is 2.39. The van der Waals surface area contributed by atoms with Crippen LogP contribution in [0.3, 0.4) is 0 Å². The highest BCUT2D eigenvalue weighted by molar-refractivity contribution is 8.02. The van der Waals surface area contributed by atoms with Gasteiger partial charge in [0, 0.05) is 46.1 Å². The lowest BCUT2D eigenvalue weighted by molar-refractivity contribution is 0.0951. The van der Waals surface area contributed by atoms with Gasteiger partial charge >= 0.3 is 0 Å². The average Bonchev–Trinajstić information content (AvgIpc) is 3.60. The molecule has 3 heterocycles. The fraction of sp³-hybridized carbons (Fsp3) is 0.148. The lowest BCUT2D eigenvalue weighted by Gasteiger charge is -2.14. The van der Waals surface area contributed by atoms with Crippen molar-refractivity contribution in [2.75, 3.05) is 21.3 Å². The Kier molecular flexibility index (Phi) is 6.39. The minimum Gasteiger partial charge on any atom is -0.493 e. The Morgan fingerprint density at radius 3 is 2.44 bits per heavy atom. The summed E-state index contributed by atoms with van der Waals surface area (Å²) in [5, 5.41) is 5.66. The Morgan fingerprint density at radius 2 is 1.78 bits per heavy atom. The van der Waals surface area contributed by atoms with Crippen molar-refractivity contribution in [3.05, 3.63) is 94.9 Å². The van der Waals surface area contributed by atoms with Crippen molar-refractivity contribution in [3.63, 3.8) is 0 Å². The minimum atomic E-state index is -0.226. The molecule has 8 nitrogen and oxygen atoms in total. The first kappa shape index (κ1) is 23.5. The number of fused-ring (bicyclic) bond motifs is 1. The molecule has 0 saturated heterocycles. The fourth-order valence-corrected chi connectivity index (χ4v) is 5.12. The van der Waals surface area contributed by atoms with Gasteiger partial charge in [0.1, 0.15) is 11.1 Å². The summed E-state index contributed by atoms with van der Waals surface area (Å²) in [6.45, 7) is 0. The summed E-state index contributed by atoms with van der Waals surface area (Å²) >= 11 is 1.51. The molecular weight excluding hydrogens is 478 g/mol. The summed E-state index contributed by atoms with van der Waals surface area (Å²) < 4.78 is 17.7. The molecule has 9 heteroatoms. The molecule has 1 aliphatic heterocycles. The van der Waals surface area contributed by atoms with Crippen LogP contribution < -0.4 is 19.5 Å². The van der Waals surface area contributed by atoms with E-state index >= 15 is 0 Å². The van der Waals surface area contributed by atoms with Gasteiger partial charge in [-0.1, -0.05) is 18.2 Å². The molecule has 4 aromatic rings. The molecule has 1 aliphatic rings. The molecule has 2 aromatic carbocycles. The number of carbonyl (C=O) groups excluding carboxylic acids is 2.